The Kier molecular flexibility index (Phi) is 2.32. The van der Waals surface area contributed by atoms with Crippen LogP contribution in [0.3, 0.4) is 0 Å². The Labute approximate surface area is 87.9 Å². The number of nitrogens with zero attached hydrogens (tertiary/aromatic N) is 3. The van der Waals surface area contributed by atoms with Gasteiger partial charge >= 0.3 is 0 Å². The normalized spacial score (nSPS) is 13.1. The quantitative estimate of drug-likeness (QED) is 0.806. The van der Waals surface area contributed by atoms with E-state index in [0.29, 0.717) is 11.7 Å². The van der Waals surface area contributed by atoms with Crippen molar-refractivity contribution in [3.05, 3.63) is 23.8 Å². The Balaban J connectivity index is 2.41. The van der Waals surface area contributed by atoms with Crippen LogP contribution in [0, 0.1) is 6.92 Å². The number of aryl methyl sites for hydroxylation is 2. The summed E-state index contributed by atoms with van der Waals surface area (Å²) in [6.45, 7) is 3.77. The summed E-state index contributed by atoms with van der Waals surface area (Å²) >= 11 is 0. The molecule has 5 nitrogen and oxygen atoms in total. The van der Waals surface area contributed by atoms with Crippen molar-refractivity contribution in [2.45, 2.75) is 19.9 Å². The van der Waals surface area contributed by atoms with Gasteiger partial charge in [0.15, 0.2) is 5.76 Å². The summed E-state index contributed by atoms with van der Waals surface area (Å²) in [5.41, 5.74) is 7.53. The molecule has 5 heteroatoms. The van der Waals surface area contributed by atoms with Crippen molar-refractivity contribution < 1.29 is 4.42 Å². The van der Waals surface area contributed by atoms with Crippen molar-refractivity contribution in [1.29, 1.82) is 0 Å². The zero-order valence-corrected chi connectivity index (χ0v) is 9.06. The molecule has 80 valence electrons. The van der Waals surface area contributed by atoms with Crippen LogP contribution >= 0.6 is 0 Å². The van der Waals surface area contributed by atoms with Gasteiger partial charge in [-0.2, -0.15) is 5.10 Å². The molecule has 2 heterocycles. The molecular formula is C10H14N4O. The standard InChI is InChI=1S/C10H14N4O/c1-6-4-8(14(3)13-6)9-5-12-10(15-9)7(2)11/h4-5,7H,11H2,1-3H3. The van der Waals surface area contributed by atoms with Gasteiger partial charge in [-0.3, -0.25) is 4.68 Å². The van der Waals surface area contributed by atoms with Crippen LogP contribution in [0.15, 0.2) is 16.7 Å². The van der Waals surface area contributed by atoms with Crippen LogP contribution in [0.4, 0.5) is 0 Å². The van der Waals surface area contributed by atoms with Crippen LogP contribution in [0.2, 0.25) is 0 Å². The second-order valence-electron chi connectivity index (χ2n) is 3.65. The highest BCUT2D eigenvalue weighted by atomic mass is 16.4. The number of hydrogen-bond donors (Lipinski definition) is 1. The minimum Gasteiger partial charge on any atom is -0.437 e. The van der Waals surface area contributed by atoms with Gasteiger partial charge < -0.3 is 10.2 Å². The molecule has 0 aliphatic heterocycles. The molecule has 2 aromatic rings. The summed E-state index contributed by atoms with van der Waals surface area (Å²) < 4.78 is 7.29. The van der Waals surface area contributed by atoms with Crippen molar-refractivity contribution in [3.63, 3.8) is 0 Å². The van der Waals surface area contributed by atoms with E-state index in [9.17, 15) is 0 Å². The molecule has 2 N–H and O–H groups in total. The third-order valence-electron chi connectivity index (χ3n) is 2.17. The smallest absolute Gasteiger partial charge is 0.211 e. The van der Waals surface area contributed by atoms with E-state index in [-0.39, 0.29) is 6.04 Å². The van der Waals surface area contributed by atoms with Crippen LogP contribution < -0.4 is 5.73 Å². The van der Waals surface area contributed by atoms with Crippen molar-refractivity contribution in [2.24, 2.45) is 12.8 Å². The van der Waals surface area contributed by atoms with Gasteiger partial charge in [0.2, 0.25) is 5.89 Å². The maximum Gasteiger partial charge on any atom is 0.211 e. The zero-order chi connectivity index (χ0) is 11.0. The van der Waals surface area contributed by atoms with Crippen LogP contribution in [0.5, 0.6) is 0 Å². The number of nitrogens with two attached hydrogens (primary N) is 1. The highest BCUT2D eigenvalue weighted by Gasteiger charge is 2.12. The van der Waals surface area contributed by atoms with Gasteiger partial charge in [0.25, 0.3) is 0 Å². The van der Waals surface area contributed by atoms with E-state index in [1.807, 2.05) is 27.0 Å². The molecule has 0 saturated heterocycles. The Morgan fingerprint density at radius 3 is 2.73 bits per heavy atom. The maximum atomic E-state index is 5.67. The maximum absolute atomic E-state index is 5.67. The van der Waals surface area contributed by atoms with E-state index in [1.165, 1.54) is 0 Å². The average Bonchev–Trinajstić information content (AvgIpc) is 2.71. The van der Waals surface area contributed by atoms with E-state index in [4.69, 9.17) is 10.2 Å². The van der Waals surface area contributed by atoms with Crippen molar-refractivity contribution >= 4 is 0 Å². The molecule has 0 saturated carbocycles. The van der Waals surface area contributed by atoms with Gasteiger partial charge in [-0.1, -0.05) is 0 Å². The highest BCUT2D eigenvalue weighted by molar-refractivity contribution is 5.51. The zero-order valence-electron chi connectivity index (χ0n) is 9.06. The first-order chi connectivity index (χ1) is 7.08. The van der Waals surface area contributed by atoms with Gasteiger partial charge in [0.1, 0.15) is 5.69 Å². The lowest BCUT2D eigenvalue weighted by Gasteiger charge is -1.98. The van der Waals surface area contributed by atoms with Gasteiger partial charge in [-0.05, 0) is 19.9 Å². The van der Waals surface area contributed by atoms with E-state index >= 15 is 0 Å². The molecule has 0 aliphatic rings. The lowest BCUT2D eigenvalue weighted by Crippen LogP contribution is -2.04. The largest absolute Gasteiger partial charge is 0.437 e. The molecule has 1 unspecified atom stereocenters. The summed E-state index contributed by atoms with van der Waals surface area (Å²) in [6.07, 6.45) is 1.68. The van der Waals surface area contributed by atoms with E-state index in [2.05, 4.69) is 10.1 Å². The van der Waals surface area contributed by atoms with Gasteiger partial charge in [-0.25, -0.2) is 4.98 Å². The minimum absolute atomic E-state index is 0.187. The second-order valence-corrected chi connectivity index (χ2v) is 3.65. The summed E-state index contributed by atoms with van der Waals surface area (Å²) in [4.78, 5) is 4.11. The summed E-state index contributed by atoms with van der Waals surface area (Å²) in [7, 11) is 1.87. The van der Waals surface area contributed by atoms with Crippen molar-refractivity contribution in [2.75, 3.05) is 0 Å². The fourth-order valence-electron chi connectivity index (χ4n) is 1.46. The second kappa shape index (κ2) is 3.51. The first-order valence-corrected chi connectivity index (χ1v) is 4.80. The fraction of sp³-hybridized carbons (Fsp3) is 0.400. The Bertz CT molecular complexity index is 469. The molecule has 0 bridgehead atoms. The topological polar surface area (TPSA) is 69.9 Å². The lowest BCUT2D eigenvalue weighted by molar-refractivity contribution is 0.470. The predicted molar refractivity (Wildman–Crippen MR) is 56.0 cm³/mol. The molecule has 0 aliphatic carbocycles. The van der Waals surface area contributed by atoms with Gasteiger partial charge in [0.05, 0.1) is 17.9 Å². The Morgan fingerprint density at radius 1 is 1.53 bits per heavy atom. The molecule has 2 aromatic heterocycles. The average molecular weight is 206 g/mol. The summed E-state index contributed by atoms with van der Waals surface area (Å²) in [5.74, 6) is 1.24. The van der Waals surface area contributed by atoms with Crippen LogP contribution in [-0.2, 0) is 7.05 Å². The molecule has 1 atom stereocenters. The Hall–Kier alpha value is -1.62. The monoisotopic (exact) mass is 206 g/mol. The van der Waals surface area contributed by atoms with Crippen LogP contribution in [0.25, 0.3) is 11.5 Å². The summed E-state index contributed by atoms with van der Waals surface area (Å²) in [6, 6.07) is 1.76. The van der Waals surface area contributed by atoms with E-state index in [1.54, 1.807) is 10.9 Å². The van der Waals surface area contributed by atoms with Crippen LogP contribution in [-0.4, -0.2) is 14.8 Å². The first-order valence-electron chi connectivity index (χ1n) is 4.80. The highest BCUT2D eigenvalue weighted by Crippen LogP contribution is 2.22. The predicted octanol–water partition coefficient (Wildman–Crippen LogP) is 1.40. The molecule has 0 amide bonds. The lowest BCUT2D eigenvalue weighted by atomic mass is 10.3. The van der Waals surface area contributed by atoms with Gasteiger partial charge in [0, 0.05) is 7.05 Å². The molecular weight excluding hydrogens is 192 g/mol. The third kappa shape index (κ3) is 1.78. The van der Waals surface area contributed by atoms with Crippen molar-refractivity contribution in [3.8, 4) is 11.5 Å². The molecule has 0 fully saturated rings. The third-order valence-corrected chi connectivity index (χ3v) is 2.17. The van der Waals surface area contributed by atoms with Crippen molar-refractivity contribution in [1.82, 2.24) is 14.8 Å². The number of rotatable bonds is 2. The van der Waals surface area contributed by atoms with Crippen LogP contribution in [0.1, 0.15) is 24.6 Å². The van der Waals surface area contributed by atoms with E-state index in [0.717, 1.165) is 11.4 Å². The molecule has 15 heavy (non-hydrogen) atoms. The first kappa shape index (κ1) is 9.92. The van der Waals surface area contributed by atoms with Gasteiger partial charge in [-0.15, -0.1) is 0 Å². The van der Waals surface area contributed by atoms with E-state index < -0.39 is 0 Å². The molecule has 0 aromatic carbocycles. The molecule has 0 spiro atoms. The summed E-state index contributed by atoms with van der Waals surface area (Å²) in [5, 5.41) is 4.24. The number of aromatic nitrogens is 3. The number of hydrogen-bond acceptors (Lipinski definition) is 4. The SMILES string of the molecule is Cc1cc(-c2cnc(C(C)N)o2)n(C)n1. The molecule has 2 rings (SSSR count). The Morgan fingerprint density at radius 2 is 2.27 bits per heavy atom. The number of oxazole rings is 1. The minimum atomic E-state index is -0.187. The molecule has 0 radical (unpaired) electrons. The fourth-order valence-corrected chi connectivity index (χ4v) is 1.46.